The first-order valence-corrected chi connectivity index (χ1v) is 12.9. The highest BCUT2D eigenvalue weighted by atomic mass is 17.3. The Bertz CT molecular complexity index is 1130. The minimum atomic E-state index is -0.790. The summed E-state index contributed by atoms with van der Waals surface area (Å²) in [6.45, 7) is 7.30. The Balaban J connectivity index is 1.10. The molecule has 0 N–H and O–H groups in total. The van der Waals surface area contributed by atoms with E-state index in [0.717, 1.165) is 31.1 Å². The smallest absolute Gasteiger partial charge is 0.339 e. The van der Waals surface area contributed by atoms with E-state index >= 15 is 0 Å². The van der Waals surface area contributed by atoms with Gasteiger partial charge in [-0.3, -0.25) is 0 Å². The van der Waals surface area contributed by atoms with Gasteiger partial charge in [0, 0.05) is 24.7 Å². The second kappa shape index (κ2) is 8.85. The van der Waals surface area contributed by atoms with Crippen LogP contribution in [0.2, 0.25) is 0 Å². The van der Waals surface area contributed by atoms with E-state index in [2.05, 4.69) is 13.8 Å². The number of ether oxygens (including phenoxy) is 4. The van der Waals surface area contributed by atoms with Crippen LogP contribution in [0.15, 0.2) is 39.5 Å². The van der Waals surface area contributed by atoms with E-state index in [1.807, 2.05) is 25.1 Å². The summed E-state index contributed by atoms with van der Waals surface area (Å²) in [5, 5.41) is 0.778. The van der Waals surface area contributed by atoms with Gasteiger partial charge in [0.25, 0.3) is 0 Å². The monoisotopic (exact) mass is 486 g/mol. The molecule has 1 saturated carbocycles. The predicted molar refractivity (Wildman–Crippen MR) is 125 cm³/mol. The molecule has 5 fully saturated rings. The topological polar surface area (TPSA) is 85.6 Å². The van der Waals surface area contributed by atoms with Crippen LogP contribution in [0.4, 0.5) is 0 Å². The first-order chi connectivity index (χ1) is 16.9. The van der Waals surface area contributed by atoms with Crippen molar-refractivity contribution in [3.05, 3.63) is 40.8 Å². The first-order valence-electron chi connectivity index (χ1n) is 12.9. The summed E-state index contributed by atoms with van der Waals surface area (Å²) >= 11 is 0. The van der Waals surface area contributed by atoms with E-state index in [0.29, 0.717) is 42.8 Å². The molecule has 1 unspecified atom stereocenters. The Morgan fingerprint density at radius 1 is 1.06 bits per heavy atom. The summed E-state index contributed by atoms with van der Waals surface area (Å²) in [4.78, 5) is 23.9. The quantitative estimate of drug-likeness (QED) is 0.327. The molecule has 4 aliphatic heterocycles. The van der Waals surface area contributed by atoms with Crippen LogP contribution in [-0.4, -0.2) is 37.2 Å². The van der Waals surface area contributed by atoms with Crippen molar-refractivity contribution in [3.8, 4) is 5.75 Å². The SMILES string of the molecule is C[C@H]1[C@@H](OCCCOc2cc(=O)oc3ccccc23)O[C@@H]2O[C@@]3(C)CCC4[C@H](C)CC[C@@H]1[C@]42OO3. The first kappa shape index (κ1) is 23.4. The van der Waals surface area contributed by atoms with Crippen LogP contribution in [-0.2, 0) is 24.0 Å². The molecule has 5 aliphatic rings. The maximum atomic E-state index is 11.8. The van der Waals surface area contributed by atoms with Crippen molar-refractivity contribution >= 4 is 11.0 Å². The third-order valence-electron chi connectivity index (χ3n) is 8.54. The molecule has 1 aliphatic carbocycles. The van der Waals surface area contributed by atoms with Gasteiger partial charge in [-0.2, -0.15) is 0 Å². The van der Waals surface area contributed by atoms with Gasteiger partial charge in [-0.1, -0.05) is 26.0 Å². The van der Waals surface area contributed by atoms with Gasteiger partial charge in [-0.05, 0) is 50.2 Å². The average molecular weight is 487 g/mol. The summed E-state index contributed by atoms with van der Waals surface area (Å²) in [5.74, 6) is 0.980. The number of hydrogen-bond acceptors (Lipinski definition) is 8. The molecule has 7 rings (SSSR count). The molecule has 2 bridgehead atoms. The summed E-state index contributed by atoms with van der Waals surface area (Å²) < 4.78 is 30.2. The highest BCUT2D eigenvalue weighted by Gasteiger charge is 2.69. The molecule has 5 heterocycles. The lowest BCUT2D eigenvalue weighted by Gasteiger charge is -2.60. The van der Waals surface area contributed by atoms with Crippen LogP contribution in [0.1, 0.15) is 52.9 Å². The zero-order chi connectivity index (χ0) is 24.2. The fraction of sp³-hybridized carbons (Fsp3) is 0.667. The fourth-order valence-corrected chi connectivity index (χ4v) is 6.70. The number of benzene rings is 1. The number of hydrogen-bond donors (Lipinski definition) is 0. The summed E-state index contributed by atoms with van der Waals surface area (Å²) in [7, 11) is 0. The molecule has 35 heavy (non-hydrogen) atoms. The van der Waals surface area contributed by atoms with Crippen molar-refractivity contribution in [2.75, 3.05) is 13.2 Å². The normalized spacial score (nSPS) is 40.3. The lowest BCUT2D eigenvalue weighted by Crippen LogP contribution is -2.70. The molecule has 1 aromatic heterocycles. The zero-order valence-corrected chi connectivity index (χ0v) is 20.6. The Morgan fingerprint density at radius 2 is 1.91 bits per heavy atom. The molecule has 0 amide bonds. The molecule has 1 spiro atoms. The molecule has 8 heteroatoms. The lowest BCUT2D eigenvalue weighted by molar-refractivity contribution is -0.577. The molecule has 8 nitrogen and oxygen atoms in total. The number of para-hydroxylation sites is 1. The standard InChI is InChI=1S/C27H34O8/c1-16-9-10-20-17(2)24(32-25-27(20)19(16)11-12-26(3,33-25)34-35-27)30-14-6-13-29-22-15-23(28)31-21-8-5-4-7-18(21)22/h4-5,7-8,15-17,19-20,24-25H,6,9-14H2,1-3H3/t16-,17-,19?,20+,24+,25-,26-,27-/m1/s1. The minimum Gasteiger partial charge on any atom is -0.492 e. The van der Waals surface area contributed by atoms with Gasteiger partial charge in [-0.15, -0.1) is 0 Å². The van der Waals surface area contributed by atoms with Crippen molar-refractivity contribution in [3.63, 3.8) is 0 Å². The summed E-state index contributed by atoms with van der Waals surface area (Å²) in [6, 6.07) is 8.74. The Hall–Kier alpha value is -1.97. The maximum absolute atomic E-state index is 11.8. The zero-order valence-electron chi connectivity index (χ0n) is 20.6. The van der Waals surface area contributed by atoms with Gasteiger partial charge < -0.3 is 23.4 Å². The van der Waals surface area contributed by atoms with Crippen LogP contribution in [0, 0.1) is 23.7 Å². The maximum Gasteiger partial charge on any atom is 0.339 e. The second-order valence-electron chi connectivity index (χ2n) is 10.8. The summed E-state index contributed by atoms with van der Waals surface area (Å²) in [5.41, 5.74) is -0.487. The summed E-state index contributed by atoms with van der Waals surface area (Å²) in [6.07, 6.45) is 3.76. The largest absolute Gasteiger partial charge is 0.492 e. The highest BCUT2D eigenvalue weighted by molar-refractivity contribution is 5.82. The van der Waals surface area contributed by atoms with Crippen molar-refractivity contribution in [2.45, 2.75) is 76.8 Å². The number of rotatable bonds is 6. The molecule has 4 saturated heterocycles. The predicted octanol–water partition coefficient (Wildman–Crippen LogP) is 4.79. The van der Waals surface area contributed by atoms with Crippen molar-refractivity contribution in [1.82, 2.24) is 0 Å². The minimum absolute atomic E-state index is 0.138. The van der Waals surface area contributed by atoms with Crippen molar-refractivity contribution < 1.29 is 33.1 Å². The average Bonchev–Trinajstić information content (AvgIpc) is 3.07. The van der Waals surface area contributed by atoms with E-state index < -0.39 is 23.3 Å². The molecular formula is C27H34O8. The van der Waals surface area contributed by atoms with Crippen LogP contribution in [0.3, 0.4) is 0 Å². The fourth-order valence-electron chi connectivity index (χ4n) is 6.70. The molecule has 2 aromatic rings. The molecular weight excluding hydrogens is 452 g/mol. The van der Waals surface area contributed by atoms with Gasteiger partial charge in [0.2, 0.25) is 5.79 Å². The molecule has 0 radical (unpaired) electrons. The van der Waals surface area contributed by atoms with E-state index in [-0.39, 0.29) is 18.1 Å². The van der Waals surface area contributed by atoms with E-state index in [9.17, 15) is 4.79 Å². The van der Waals surface area contributed by atoms with Gasteiger partial charge in [0.15, 0.2) is 18.2 Å². The van der Waals surface area contributed by atoms with Crippen LogP contribution < -0.4 is 10.4 Å². The Morgan fingerprint density at radius 3 is 2.80 bits per heavy atom. The second-order valence-corrected chi connectivity index (χ2v) is 10.8. The van der Waals surface area contributed by atoms with E-state index in [4.69, 9.17) is 33.1 Å². The molecule has 8 atom stereocenters. The molecule has 1 aromatic carbocycles. The third kappa shape index (κ3) is 3.90. The van der Waals surface area contributed by atoms with E-state index in [1.54, 1.807) is 6.07 Å². The van der Waals surface area contributed by atoms with Crippen LogP contribution >= 0.6 is 0 Å². The van der Waals surface area contributed by atoms with E-state index in [1.165, 1.54) is 6.07 Å². The molecule has 190 valence electrons. The number of fused-ring (bicyclic) bond motifs is 3. The Labute approximate surface area is 204 Å². The van der Waals surface area contributed by atoms with Crippen LogP contribution in [0.25, 0.3) is 11.0 Å². The van der Waals surface area contributed by atoms with Crippen LogP contribution in [0.5, 0.6) is 5.75 Å². The van der Waals surface area contributed by atoms with Gasteiger partial charge in [0.1, 0.15) is 11.3 Å². The van der Waals surface area contributed by atoms with Gasteiger partial charge >= 0.3 is 5.63 Å². The highest BCUT2D eigenvalue weighted by Crippen LogP contribution is 2.60. The van der Waals surface area contributed by atoms with Gasteiger partial charge in [-0.25, -0.2) is 14.6 Å². The van der Waals surface area contributed by atoms with Gasteiger partial charge in [0.05, 0.1) is 24.7 Å². The Kier molecular flexibility index (Phi) is 5.92. The lowest BCUT2D eigenvalue weighted by atomic mass is 9.58. The van der Waals surface area contributed by atoms with Crippen molar-refractivity contribution in [2.24, 2.45) is 23.7 Å². The van der Waals surface area contributed by atoms with Crippen molar-refractivity contribution in [1.29, 1.82) is 0 Å². The third-order valence-corrected chi connectivity index (χ3v) is 8.54.